The summed E-state index contributed by atoms with van der Waals surface area (Å²) in [4.78, 5) is 17.4. The monoisotopic (exact) mass is 435 g/mol. The van der Waals surface area contributed by atoms with Crippen LogP contribution in [0.1, 0.15) is 31.9 Å². The van der Waals surface area contributed by atoms with Crippen molar-refractivity contribution < 1.29 is 4.74 Å². The molecule has 33 heavy (non-hydrogen) atoms. The molecule has 0 spiro atoms. The summed E-state index contributed by atoms with van der Waals surface area (Å²) in [5, 5.41) is 5.37. The van der Waals surface area contributed by atoms with E-state index in [4.69, 9.17) is 9.73 Å². The first-order valence-electron chi connectivity index (χ1n) is 10.9. The molecule has 0 amide bonds. The number of rotatable bonds is 6. The zero-order valence-corrected chi connectivity index (χ0v) is 18.9. The molecule has 0 atom stereocenters. The molecule has 0 bridgehead atoms. The van der Waals surface area contributed by atoms with Gasteiger partial charge < -0.3 is 10.1 Å². The number of allylic oxidation sites excluding steroid dienone is 1. The lowest BCUT2D eigenvalue weighted by molar-refractivity contribution is 0.310. The second-order valence-electron chi connectivity index (χ2n) is 8.99. The van der Waals surface area contributed by atoms with Crippen LogP contribution in [0.2, 0.25) is 0 Å². The van der Waals surface area contributed by atoms with Gasteiger partial charge in [-0.3, -0.25) is 9.98 Å². The van der Waals surface area contributed by atoms with Crippen LogP contribution in [0.15, 0.2) is 84.4 Å². The Hall–Kier alpha value is -4.06. The minimum absolute atomic E-state index is 0.0632. The first kappa shape index (κ1) is 20.8. The van der Waals surface area contributed by atoms with Crippen molar-refractivity contribution in [3.8, 4) is 5.75 Å². The number of nitrogens with one attached hydrogen (secondary N) is 1. The van der Waals surface area contributed by atoms with Crippen molar-refractivity contribution in [1.29, 1.82) is 0 Å². The normalized spacial score (nSPS) is 13.2. The summed E-state index contributed by atoms with van der Waals surface area (Å²) in [6.45, 7) is 6.97. The van der Waals surface area contributed by atoms with Crippen LogP contribution in [0.5, 0.6) is 5.75 Å². The van der Waals surface area contributed by atoms with Gasteiger partial charge in [-0.1, -0.05) is 45.0 Å². The van der Waals surface area contributed by atoms with E-state index in [0.29, 0.717) is 18.2 Å². The van der Waals surface area contributed by atoms with E-state index < -0.39 is 0 Å². The maximum Gasteiger partial charge on any atom is 0.150 e. The molecule has 1 aliphatic heterocycles. The van der Waals surface area contributed by atoms with Gasteiger partial charge in [-0.15, -0.1) is 0 Å². The average Bonchev–Trinajstić information content (AvgIpc) is 2.77. The molecule has 2 aromatic carbocycles. The number of pyridine rings is 1. The van der Waals surface area contributed by atoms with E-state index in [1.54, 1.807) is 24.8 Å². The number of aliphatic imine (C=N–C) groups is 1. The average molecular weight is 436 g/mol. The van der Waals surface area contributed by atoms with E-state index in [9.17, 15) is 0 Å². The SMILES string of the molecule is CC(C)(C)C1=NC(c2ccc(OCc3ccnc(Nc4cnccn4)c3)c3ccccc23)=C1. The first-order chi connectivity index (χ1) is 16.0. The predicted molar refractivity (Wildman–Crippen MR) is 133 cm³/mol. The first-order valence-corrected chi connectivity index (χ1v) is 10.9. The van der Waals surface area contributed by atoms with Crippen molar-refractivity contribution in [2.24, 2.45) is 10.4 Å². The molecule has 3 heterocycles. The molecule has 4 aromatic rings. The Morgan fingerprint density at radius 1 is 0.879 bits per heavy atom. The van der Waals surface area contributed by atoms with E-state index in [-0.39, 0.29) is 5.41 Å². The van der Waals surface area contributed by atoms with Gasteiger partial charge in [-0.05, 0) is 41.3 Å². The Labute approximate surface area is 193 Å². The third kappa shape index (κ3) is 4.46. The summed E-state index contributed by atoms with van der Waals surface area (Å²) in [6.07, 6.45) is 8.87. The molecule has 2 aromatic heterocycles. The highest BCUT2D eigenvalue weighted by Crippen LogP contribution is 2.37. The van der Waals surface area contributed by atoms with E-state index >= 15 is 0 Å². The molecule has 1 N–H and O–H groups in total. The van der Waals surface area contributed by atoms with Crippen molar-refractivity contribution in [3.63, 3.8) is 0 Å². The van der Waals surface area contributed by atoms with Crippen molar-refractivity contribution in [2.45, 2.75) is 27.4 Å². The fraction of sp³-hybridized carbons (Fsp3) is 0.185. The summed E-state index contributed by atoms with van der Waals surface area (Å²) in [6, 6.07) is 16.3. The van der Waals surface area contributed by atoms with E-state index in [1.807, 2.05) is 24.3 Å². The largest absolute Gasteiger partial charge is 0.488 e. The molecular formula is C27H25N5O. The summed E-state index contributed by atoms with van der Waals surface area (Å²) in [5.74, 6) is 2.18. The van der Waals surface area contributed by atoms with Crippen LogP contribution in [0.3, 0.4) is 0 Å². The van der Waals surface area contributed by atoms with Crippen LogP contribution >= 0.6 is 0 Å². The summed E-state index contributed by atoms with van der Waals surface area (Å²) >= 11 is 0. The lowest BCUT2D eigenvalue weighted by Crippen LogP contribution is -2.22. The second-order valence-corrected chi connectivity index (χ2v) is 8.99. The minimum Gasteiger partial charge on any atom is -0.488 e. The van der Waals surface area contributed by atoms with Gasteiger partial charge in [0.15, 0.2) is 0 Å². The van der Waals surface area contributed by atoms with Gasteiger partial charge in [0, 0.05) is 40.7 Å². The molecule has 0 saturated heterocycles. The fourth-order valence-corrected chi connectivity index (χ4v) is 3.69. The maximum atomic E-state index is 6.23. The molecule has 1 aliphatic rings. The Balaban J connectivity index is 1.35. The highest BCUT2D eigenvalue weighted by molar-refractivity contribution is 6.15. The number of aromatic nitrogens is 3. The van der Waals surface area contributed by atoms with Crippen molar-refractivity contribution in [1.82, 2.24) is 15.0 Å². The summed E-state index contributed by atoms with van der Waals surface area (Å²) in [7, 11) is 0. The fourth-order valence-electron chi connectivity index (χ4n) is 3.69. The number of hydrogen-bond acceptors (Lipinski definition) is 6. The van der Waals surface area contributed by atoms with Gasteiger partial charge in [0.2, 0.25) is 0 Å². The van der Waals surface area contributed by atoms with Gasteiger partial charge in [-0.25, -0.2) is 9.97 Å². The van der Waals surface area contributed by atoms with Crippen LogP contribution in [0.4, 0.5) is 11.6 Å². The topological polar surface area (TPSA) is 72.3 Å². The molecule has 0 unspecified atom stereocenters. The zero-order valence-electron chi connectivity index (χ0n) is 18.9. The minimum atomic E-state index is 0.0632. The third-order valence-corrected chi connectivity index (χ3v) is 5.48. The van der Waals surface area contributed by atoms with Crippen LogP contribution in [0.25, 0.3) is 16.5 Å². The Kier molecular flexibility index (Phi) is 5.34. The number of benzene rings is 2. The van der Waals surface area contributed by atoms with Gasteiger partial charge >= 0.3 is 0 Å². The van der Waals surface area contributed by atoms with Crippen molar-refractivity contribution in [3.05, 3.63) is 90.5 Å². The highest BCUT2D eigenvalue weighted by Gasteiger charge is 2.25. The molecule has 0 aliphatic carbocycles. The van der Waals surface area contributed by atoms with Crippen LogP contribution < -0.4 is 10.1 Å². The molecule has 6 nitrogen and oxygen atoms in total. The molecule has 5 rings (SSSR count). The number of ether oxygens (including phenoxy) is 1. The smallest absolute Gasteiger partial charge is 0.150 e. The number of fused-ring (bicyclic) bond motifs is 1. The zero-order chi connectivity index (χ0) is 22.8. The molecule has 164 valence electrons. The van der Waals surface area contributed by atoms with E-state index in [2.05, 4.69) is 71.4 Å². The summed E-state index contributed by atoms with van der Waals surface area (Å²) < 4.78 is 6.23. The quantitative estimate of drug-likeness (QED) is 0.391. The van der Waals surface area contributed by atoms with Crippen LogP contribution in [0, 0.1) is 5.41 Å². The van der Waals surface area contributed by atoms with Gasteiger partial charge in [-0.2, -0.15) is 0 Å². The van der Waals surface area contributed by atoms with Crippen LogP contribution in [-0.2, 0) is 6.61 Å². The van der Waals surface area contributed by atoms with Crippen LogP contribution in [-0.4, -0.2) is 20.7 Å². The predicted octanol–water partition coefficient (Wildman–Crippen LogP) is 6.19. The molecule has 6 heteroatoms. The highest BCUT2D eigenvalue weighted by atomic mass is 16.5. The van der Waals surface area contributed by atoms with Crippen molar-refractivity contribution in [2.75, 3.05) is 5.32 Å². The maximum absolute atomic E-state index is 6.23. The van der Waals surface area contributed by atoms with E-state index in [1.165, 1.54) is 0 Å². The lowest BCUT2D eigenvalue weighted by Gasteiger charge is -2.26. The number of nitrogens with zero attached hydrogens (tertiary/aromatic N) is 4. The van der Waals surface area contributed by atoms with Gasteiger partial charge in [0.25, 0.3) is 0 Å². The Bertz CT molecular complexity index is 1370. The molecule has 0 fully saturated rings. The lowest BCUT2D eigenvalue weighted by atomic mass is 9.85. The number of hydrogen-bond donors (Lipinski definition) is 1. The standard InChI is InChI=1S/C27H25N5O/c1-27(2,3)24-15-22(31-24)20-8-9-23(21-7-5-4-6-19(20)21)33-17-18-10-11-29-25(14-18)32-26-16-28-12-13-30-26/h4-16H,17H2,1-3H3,(H,29,30,32). The molecule has 0 saturated carbocycles. The molecule has 0 radical (unpaired) electrons. The summed E-state index contributed by atoms with van der Waals surface area (Å²) in [5.41, 5.74) is 4.35. The van der Waals surface area contributed by atoms with Gasteiger partial charge in [0.05, 0.1) is 11.9 Å². The second kappa shape index (κ2) is 8.47. The van der Waals surface area contributed by atoms with E-state index in [0.717, 1.165) is 39.1 Å². The Morgan fingerprint density at radius 3 is 2.42 bits per heavy atom. The van der Waals surface area contributed by atoms with Gasteiger partial charge in [0.1, 0.15) is 24.0 Å². The number of anilines is 2. The Morgan fingerprint density at radius 2 is 1.67 bits per heavy atom. The third-order valence-electron chi connectivity index (χ3n) is 5.48. The molecular weight excluding hydrogens is 410 g/mol. The van der Waals surface area contributed by atoms with Crippen molar-refractivity contribution >= 4 is 33.8 Å².